The zero-order valence-corrected chi connectivity index (χ0v) is 48.3. The summed E-state index contributed by atoms with van der Waals surface area (Å²) in [5, 5.41) is 0. The molecule has 1 atom stereocenters. The van der Waals surface area contributed by atoms with Crippen LogP contribution in [0.15, 0.2) is 109 Å². The molecule has 0 aliphatic heterocycles. The van der Waals surface area contributed by atoms with E-state index in [-0.39, 0.29) is 31.6 Å². The zero-order chi connectivity index (χ0) is 53.6. The van der Waals surface area contributed by atoms with Crippen LogP contribution in [0.1, 0.15) is 284 Å². The van der Waals surface area contributed by atoms with Gasteiger partial charge in [0.05, 0.1) is 6.42 Å². The molecule has 0 bridgehead atoms. The number of unbranched alkanes of at least 4 members (excludes halogenated alkanes) is 27. The van der Waals surface area contributed by atoms with Gasteiger partial charge in [0.15, 0.2) is 6.10 Å². The molecule has 422 valence electrons. The number of ether oxygens (including phenoxy) is 3. The molecule has 0 fully saturated rings. The van der Waals surface area contributed by atoms with Crippen LogP contribution in [0.4, 0.5) is 0 Å². The lowest BCUT2D eigenvalue weighted by molar-refractivity contribution is -0.166. The van der Waals surface area contributed by atoms with Gasteiger partial charge in [0, 0.05) is 12.8 Å². The second-order valence-electron chi connectivity index (χ2n) is 20.2. The predicted molar refractivity (Wildman–Crippen MR) is 320 cm³/mol. The van der Waals surface area contributed by atoms with Crippen molar-refractivity contribution in [1.29, 1.82) is 0 Å². The molecule has 6 heteroatoms. The van der Waals surface area contributed by atoms with Gasteiger partial charge in [-0.05, 0) is 83.5 Å². The van der Waals surface area contributed by atoms with Crippen LogP contribution >= 0.6 is 0 Å². The molecule has 0 aromatic carbocycles. The summed E-state index contributed by atoms with van der Waals surface area (Å²) in [6.45, 7) is 6.31. The summed E-state index contributed by atoms with van der Waals surface area (Å²) in [5.74, 6) is -1.04. The fourth-order valence-corrected chi connectivity index (χ4v) is 8.51. The first-order valence-corrected chi connectivity index (χ1v) is 30.9. The van der Waals surface area contributed by atoms with Gasteiger partial charge in [0.25, 0.3) is 0 Å². The van der Waals surface area contributed by atoms with Crippen molar-refractivity contribution >= 4 is 17.9 Å². The third-order valence-electron chi connectivity index (χ3n) is 13.1. The van der Waals surface area contributed by atoms with E-state index in [1.807, 2.05) is 6.08 Å². The van der Waals surface area contributed by atoms with Gasteiger partial charge in [-0.1, -0.05) is 291 Å². The molecular formula is C68H114O6. The van der Waals surface area contributed by atoms with Gasteiger partial charge >= 0.3 is 17.9 Å². The van der Waals surface area contributed by atoms with E-state index in [1.165, 1.54) is 148 Å². The number of carbonyl (C=O) groups excluding carboxylic acids is 3. The third-order valence-corrected chi connectivity index (χ3v) is 13.1. The van der Waals surface area contributed by atoms with E-state index in [0.29, 0.717) is 12.8 Å². The monoisotopic (exact) mass is 1030 g/mol. The van der Waals surface area contributed by atoms with Crippen molar-refractivity contribution in [1.82, 2.24) is 0 Å². The number of carbonyl (C=O) groups is 3. The predicted octanol–water partition coefficient (Wildman–Crippen LogP) is 21.0. The van der Waals surface area contributed by atoms with Crippen LogP contribution < -0.4 is 0 Å². The lowest BCUT2D eigenvalue weighted by Crippen LogP contribution is -2.30. The second-order valence-corrected chi connectivity index (χ2v) is 20.2. The van der Waals surface area contributed by atoms with Crippen LogP contribution in [0.5, 0.6) is 0 Å². The number of allylic oxidation sites excluding steroid dienone is 17. The molecule has 0 aromatic heterocycles. The molecule has 1 unspecified atom stereocenters. The largest absolute Gasteiger partial charge is 0.462 e. The van der Waals surface area contributed by atoms with Gasteiger partial charge in [0.2, 0.25) is 0 Å². The summed E-state index contributed by atoms with van der Waals surface area (Å²) >= 11 is 0. The van der Waals surface area contributed by atoms with Crippen molar-refractivity contribution in [2.24, 2.45) is 0 Å². The Morgan fingerprint density at radius 3 is 0.892 bits per heavy atom. The van der Waals surface area contributed by atoms with Gasteiger partial charge in [-0.25, -0.2) is 0 Å². The molecule has 0 N–H and O–H groups in total. The Bertz CT molecular complexity index is 1510. The zero-order valence-electron chi connectivity index (χ0n) is 48.3. The van der Waals surface area contributed by atoms with Gasteiger partial charge in [0.1, 0.15) is 13.2 Å². The van der Waals surface area contributed by atoms with Crippen molar-refractivity contribution in [2.75, 3.05) is 13.2 Å². The minimum Gasteiger partial charge on any atom is -0.462 e. The van der Waals surface area contributed by atoms with Gasteiger partial charge < -0.3 is 14.2 Å². The van der Waals surface area contributed by atoms with E-state index in [0.717, 1.165) is 96.3 Å². The van der Waals surface area contributed by atoms with Crippen LogP contribution in [0, 0.1) is 0 Å². The van der Waals surface area contributed by atoms with Crippen molar-refractivity contribution in [3.63, 3.8) is 0 Å². The molecule has 0 aromatic rings. The van der Waals surface area contributed by atoms with E-state index < -0.39 is 12.1 Å². The van der Waals surface area contributed by atoms with Crippen molar-refractivity contribution < 1.29 is 28.6 Å². The SMILES string of the molecule is CC/C=C\C/C=C\C/C=C\C/C=C\C/C=C\CC(=O)OC(COC(=O)CCCCCCCCCC)COC(=O)CCCCCCCCCCCCCCCCCCCCCC/C=C\C/C=C\C/C=C\C/C=C\CC. The minimum atomic E-state index is -0.828. The maximum Gasteiger partial charge on any atom is 0.310 e. The highest BCUT2D eigenvalue weighted by atomic mass is 16.6. The molecular weight excluding hydrogens is 913 g/mol. The first-order valence-electron chi connectivity index (χ1n) is 30.9. The van der Waals surface area contributed by atoms with Crippen molar-refractivity contribution in [2.45, 2.75) is 290 Å². The summed E-state index contributed by atoms with van der Waals surface area (Å²) in [7, 11) is 0. The lowest BCUT2D eigenvalue weighted by Gasteiger charge is -2.18. The first kappa shape index (κ1) is 70.1. The van der Waals surface area contributed by atoms with E-state index >= 15 is 0 Å². The molecule has 0 rings (SSSR count). The molecule has 0 aliphatic carbocycles. The average molecular weight is 1030 g/mol. The Morgan fingerprint density at radius 1 is 0.297 bits per heavy atom. The molecule has 0 amide bonds. The highest BCUT2D eigenvalue weighted by molar-refractivity contribution is 5.72. The number of esters is 3. The summed E-state index contributed by atoms with van der Waals surface area (Å²) < 4.78 is 16.7. The van der Waals surface area contributed by atoms with Crippen LogP contribution in [-0.2, 0) is 28.6 Å². The van der Waals surface area contributed by atoms with Crippen LogP contribution in [-0.4, -0.2) is 37.2 Å². The normalized spacial score (nSPS) is 12.9. The summed E-state index contributed by atoms with van der Waals surface area (Å²) in [4.78, 5) is 37.9. The Balaban J connectivity index is 4.09. The van der Waals surface area contributed by atoms with Crippen LogP contribution in [0.25, 0.3) is 0 Å². The summed E-state index contributed by atoms with van der Waals surface area (Å²) in [6, 6.07) is 0. The smallest absolute Gasteiger partial charge is 0.310 e. The standard InChI is InChI=1S/C68H114O6/c1-4-7-10-13-16-19-21-23-25-26-27-28-29-30-31-32-33-34-35-36-37-38-39-40-41-42-44-45-47-49-52-55-58-61-67(70)73-64-65(63-72-66(69)60-57-54-51-18-15-12-9-6-3)74-68(71)62-59-56-53-50-48-46-43-24-22-20-17-14-11-8-5-2/h7-8,10-11,16-17,19-20,23-25,27-28,43,48,50,56,59,65H,4-6,9,12-15,18,21-22,26,29-42,44-47,49,51-55,57-58,60-64H2,1-3H3/b10-7-,11-8-,19-16-,20-17-,25-23-,28-27-,43-24-,50-48-,59-56-. The first-order chi connectivity index (χ1) is 36.5. The Kier molecular flexibility index (Phi) is 58.3. The van der Waals surface area contributed by atoms with E-state index in [2.05, 4.69) is 118 Å². The lowest BCUT2D eigenvalue weighted by atomic mass is 10.0. The maximum absolute atomic E-state index is 12.7. The summed E-state index contributed by atoms with van der Waals surface area (Å²) in [6.07, 6.45) is 84.4. The highest BCUT2D eigenvalue weighted by Crippen LogP contribution is 2.16. The number of rotatable bonds is 55. The van der Waals surface area contributed by atoms with E-state index in [1.54, 1.807) is 6.08 Å². The fraction of sp³-hybridized carbons (Fsp3) is 0.691. The number of hydrogen-bond acceptors (Lipinski definition) is 6. The Hall–Kier alpha value is -3.93. The summed E-state index contributed by atoms with van der Waals surface area (Å²) in [5.41, 5.74) is 0. The Labute approximate surface area is 457 Å². The van der Waals surface area contributed by atoms with Crippen LogP contribution in [0.3, 0.4) is 0 Å². The molecule has 0 heterocycles. The quantitative estimate of drug-likeness (QED) is 0.0261. The molecule has 0 saturated heterocycles. The molecule has 74 heavy (non-hydrogen) atoms. The van der Waals surface area contributed by atoms with E-state index in [4.69, 9.17) is 14.2 Å². The maximum atomic E-state index is 12.7. The average Bonchev–Trinajstić information content (AvgIpc) is 3.40. The van der Waals surface area contributed by atoms with E-state index in [9.17, 15) is 14.4 Å². The topological polar surface area (TPSA) is 78.9 Å². The molecule has 0 radical (unpaired) electrons. The van der Waals surface area contributed by atoms with Gasteiger partial charge in [-0.3, -0.25) is 14.4 Å². The third kappa shape index (κ3) is 59.0. The van der Waals surface area contributed by atoms with Crippen molar-refractivity contribution in [3.05, 3.63) is 109 Å². The molecule has 0 saturated carbocycles. The number of hydrogen-bond donors (Lipinski definition) is 0. The van der Waals surface area contributed by atoms with Gasteiger partial charge in [-0.2, -0.15) is 0 Å². The second kappa shape index (κ2) is 61.6. The molecule has 6 nitrogen and oxygen atoms in total. The highest BCUT2D eigenvalue weighted by Gasteiger charge is 2.19. The Morgan fingerprint density at radius 2 is 0.568 bits per heavy atom. The fourth-order valence-electron chi connectivity index (χ4n) is 8.51. The van der Waals surface area contributed by atoms with Crippen LogP contribution in [0.2, 0.25) is 0 Å². The van der Waals surface area contributed by atoms with Gasteiger partial charge in [-0.15, -0.1) is 0 Å². The minimum absolute atomic E-state index is 0.0977. The molecule has 0 spiro atoms. The van der Waals surface area contributed by atoms with Crippen molar-refractivity contribution in [3.8, 4) is 0 Å². The molecule has 0 aliphatic rings.